The molecule has 2 aromatic heterocycles. The Hall–Kier alpha value is -3.23. The SMILES string of the molecule is Cc1cc(Oc2cc(C(F)(F)F)ccc2-c2cncnc2C)nnc1N. The van der Waals surface area contributed by atoms with E-state index in [2.05, 4.69) is 20.2 Å². The largest absolute Gasteiger partial charge is 0.437 e. The summed E-state index contributed by atoms with van der Waals surface area (Å²) in [6.07, 6.45) is -1.64. The summed E-state index contributed by atoms with van der Waals surface area (Å²) in [5.41, 5.74) is 6.93. The highest BCUT2D eigenvalue weighted by Crippen LogP contribution is 2.39. The summed E-state index contributed by atoms with van der Waals surface area (Å²) in [4.78, 5) is 8.00. The van der Waals surface area contributed by atoms with E-state index in [0.29, 0.717) is 22.4 Å². The van der Waals surface area contributed by atoms with E-state index in [1.165, 1.54) is 24.7 Å². The minimum absolute atomic E-state index is 0.0313. The van der Waals surface area contributed by atoms with Gasteiger partial charge >= 0.3 is 6.18 Å². The van der Waals surface area contributed by atoms with Gasteiger partial charge in [0, 0.05) is 29.1 Å². The van der Waals surface area contributed by atoms with E-state index in [9.17, 15) is 13.2 Å². The summed E-state index contributed by atoms with van der Waals surface area (Å²) >= 11 is 0. The van der Waals surface area contributed by atoms with Crippen molar-refractivity contribution >= 4 is 5.82 Å². The van der Waals surface area contributed by atoms with Crippen molar-refractivity contribution in [2.24, 2.45) is 0 Å². The Balaban J connectivity index is 2.13. The van der Waals surface area contributed by atoms with Crippen molar-refractivity contribution in [1.29, 1.82) is 0 Å². The normalized spacial score (nSPS) is 11.4. The average molecular weight is 361 g/mol. The fraction of sp³-hybridized carbons (Fsp3) is 0.176. The maximum absolute atomic E-state index is 13.1. The number of nitrogens with zero attached hydrogens (tertiary/aromatic N) is 4. The van der Waals surface area contributed by atoms with Crippen molar-refractivity contribution < 1.29 is 17.9 Å². The highest BCUT2D eigenvalue weighted by atomic mass is 19.4. The van der Waals surface area contributed by atoms with E-state index in [4.69, 9.17) is 10.5 Å². The van der Waals surface area contributed by atoms with Crippen LogP contribution in [0.15, 0.2) is 36.8 Å². The lowest BCUT2D eigenvalue weighted by Gasteiger charge is -2.15. The lowest BCUT2D eigenvalue weighted by Crippen LogP contribution is -2.06. The quantitative estimate of drug-likeness (QED) is 0.760. The van der Waals surface area contributed by atoms with Gasteiger partial charge < -0.3 is 10.5 Å². The minimum atomic E-state index is -4.51. The fourth-order valence-corrected chi connectivity index (χ4v) is 2.29. The van der Waals surface area contributed by atoms with Crippen LogP contribution >= 0.6 is 0 Å². The third kappa shape index (κ3) is 3.56. The Morgan fingerprint density at radius 3 is 2.46 bits per heavy atom. The molecule has 0 radical (unpaired) electrons. The van der Waals surface area contributed by atoms with Gasteiger partial charge in [0.25, 0.3) is 0 Å². The van der Waals surface area contributed by atoms with Gasteiger partial charge in [-0.3, -0.25) is 0 Å². The molecule has 0 saturated carbocycles. The molecule has 0 aliphatic heterocycles. The van der Waals surface area contributed by atoms with Gasteiger partial charge in [-0.05, 0) is 37.6 Å². The van der Waals surface area contributed by atoms with E-state index in [0.717, 1.165) is 12.1 Å². The number of hydrogen-bond donors (Lipinski definition) is 1. The summed E-state index contributed by atoms with van der Waals surface area (Å²) in [6, 6.07) is 4.71. The number of ether oxygens (including phenoxy) is 1. The van der Waals surface area contributed by atoms with Crippen LogP contribution in [-0.4, -0.2) is 20.2 Å². The van der Waals surface area contributed by atoms with Crippen LogP contribution in [0.1, 0.15) is 16.8 Å². The number of nitrogens with two attached hydrogens (primary N) is 1. The maximum atomic E-state index is 13.1. The van der Waals surface area contributed by atoms with Crippen molar-refractivity contribution in [3.63, 3.8) is 0 Å². The summed E-state index contributed by atoms with van der Waals surface area (Å²) in [6.45, 7) is 3.42. The molecule has 0 aliphatic carbocycles. The number of hydrogen-bond acceptors (Lipinski definition) is 6. The smallest absolute Gasteiger partial charge is 0.416 e. The average Bonchev–Trinajstić information content (AvgIpc) is 2.58. The molecular weight excluding hydrogens is 347 g/mol. The topological polar surface area (TPSA) is 86.8 Å². The number of aromatic nitrogens is 4. The number of alkyl halides is 3. The van der Waals surface area contributed by atoms with Gasteiger partial charge in [-0.2, -0.15) is 13.2 Å². The van der Waals surface area contributed by atoms with E-state index in [1.807, 2.05) is 0 Å². The van der Waals surface area contributed by atoms with E-state index < -0.39 is 11.7 Å². The first-order chi connectivity index (χ1) is 12.3. The van der Waals surface area contributed by atoms with Crippen LogP contribution in [-0.2, 0) is 6.18 Å². The second-order valence-electron chi connectivity index (χ2n) is 5.58. The molecule has 0 saturated heterocycles. The summed E-state index contributed by atoms with van der Waals surface area (Å²) in [5.74, 6) is 0.219. The molecule has 134 valence electrons. The molecule has 9 heteroatoms. The van der Waals surface area contributed by atoms with Crippen molar-refractivity contribution in [2.45, 2.75) is 20.0 Å². The highest BCUT2D eigenvalue weighted by Gasteiger charge is 2.31. The second kappa shape index (κ2) is 6.58. The molecule has 1 aromatic carbocycles. The number of anilines is 1. The third-order valence-electron chi connectivity index (χ3n) is 3.73. The van der Waals surface area contributed by atoms with Gasteiger partial charge in [0.1, 0.15) is 17.9 Å². The molecular formula is C17H14F3N5O. The van der Waals surface area contributed by atoms with Crippen LogP contribution < -0.4 is 10.5 Å². The van der Waals surface area contributed by atoms with Gasteiger partial charge in [0.15, 0.2) is 0 Å². The first kappa shape index (κ1) is 17.6. The lowest BCUT2D eigenvalue weighted by molar-refractivity contribution is -0.137. The molecule has 0 unspecified atom stereocenters. The van der Waals surface area contributed by atoms with Crippen molar-refractivity contribution in [3.8, 4) is 22.8 Å². The predicted octanol–water partition coefficient (Wildman–Crippen LogP) is 3.94. The number of benzene rings is 1. The Bertz CT molecular complexity index is 959. The highest BCUT2D eigenvalue weighted by molar-refractivity contribution is 5.72. The molecule has 3 rings (SSSR count). The number of aryl methyl sites for hydroxylation is 2. The van der Waals surface area contributed by atoms with Gasteiger partial charge in [-0.1, -0.05) is 0 Å². The maximum Gasteiger partial charge on any atom is 0.416 e. The summed E-state index contributed by atoms with van der Waals surface area (Å²) < 4.78 is 44.9. The molecule has 3 aromatic rings. The molecule has 0 fully saturated rings. The number of halogens is 3. The monoisotopic (exact) mass is 361 g/mol. The van der Waals surface area contributed by atoms with Crippen LogP contribution in [0.3, 0.4) is 0 Å². The molecule has 0 spiro atoms. The molecule has 26 heavy (non-hydrogen) atoms. The minimum Gasteiger partial charge on any atom is -0.437 e. The molecule has 0 bridgehead atoms. The number of nitrogen functional groups attached to an aromatic ring is 1. The van der Waals surface area contributed by atoms with E-state index in [-0.39, 0.29) is 17.4 Å². The zero-order valence-corrected chi connectivity index (χ0v) is 13.9. The van der Waals surface area contributed by atoms with Gasteiger partial charge in [-0.15, -0.1) is 10.2 Å². The van der Waals surface area contributed by atoms with Gasteiger partial charge in [-0.25, -0.2) is 9.97 Å². The molecule has 0 amide bonds. The molecule has 6 nitrogen and oxygen atoms in total. The summed E-state index contributed by atoms with van der Waals surface area (Å²) in [7, 11) is 0. The molecule has 2 N–H and O–H groups in total. The van der Waals surface area contributed by atoms with Crippen molar-refractivity contribution in [3.05, 3.63) is 53.6 Å². The zero-order chi connectivity index (χ0) is 18.9. The third-order valence-corrected chi connectivity index (χ3v) is 3.73. The van der Waals surface area contributed by atoms with Crippen LogP contribution in [0.5, 0.6) is 11.6 Å². The van der Waals surface area contributed by atoms with Crippen LogP contribution in [0.4, 0.5) is 19.0 Å². The summed E-state index contributed by atoms with van der Waals surface area (Å²) in [5, 5.41) is 7.50. The first-order valence-corrected chi connectivity index (χ1v) is 7.51. The molecule has 0 aliphatic rings. The molecule has 2 heterocycles. The molecule has 0 atom stereocenters. The van der Waals surface area contributed by atoms with Gasteiger partial charge in [0.2, 0.25) is 5.88 Å². The Labute approximate surface area is 146 Å². The van der Waals surface area contributed by atoms with Crippen LogP contribution in [0, 0.1) is 13.8 Å². The van der Waals surface area contributed by atoms with E-state index >= 15 is 0 Å². The Morgan fingerprint density at radius 2 is 1.81 bits per heavy atom. The number of rotatable bonds is 3. The second-order valence-corrected chi connectivity index (χ2v) is 5.58. The predicted molar refractivity (Wildman–Crippen MR) is 88.5 cm³/mol. The first-order valence-electron chi connectivity index (χ1n) is 7.51. The fourth-order valence-electron chi connectivity index (χ4n) is 2.29. The van der Waals surface area contributed by atoms with Crippen molar-refractivity contribution in [2.75, 3.05) is 5.73 Å². The van der Waals surface area contributed by atoms with Crippen LogP contribution in [0.2, 0.25) is 0 Å². The Morgan fingerprint density at radius 1 is 1.04 bits per heavy atom. The van der Waals surface area contributed by atoms with Gasteiger partial charge in [0.05, 0.1) is 5.56 Å². The zero-order valence-electron chi connectivity index (χ0n) is 13.9. The standard InChI is InChI=1S/C17H14F3N5O/c1-9-5-15(24-25-16(9)21)26-14-6-11(17(18,19)20)3-4-12(14)13-7-22-8-23-10(13)2/h3-8H,1-2H3,(H2,21,25). The van der Waals surface area contributed by atoms with Crippen molar-refractivity contribution in [1.82, 2.24) is 20.2 Å². The Kier molecular flexibility index (Phi) is 4.45. The van der Waals surface area contributed by atoms with E-state index in [1.54, 1.807) is 13.8 Å². The lowest BCUT2D eigenvalue weighted by atomic mass is 10.0. The van der Waals surface area contributed by atoms with Crippen LogP contribution in [0.25, 0.3) is 11.1 Å².